The maximum atomic E-state index is 13.6. The third kappa shape index (κ3) is 7.31. The number of esters is 1. The van der Waals surface area contributed by atoms with E-state index in [2.05, 4.69) is 17.8 Å². The van der Waals surface area contributed by atoms with Gasteiger partial charge in [0.1, 0.15) is 11.9 Å². The molecule has 7 heteroatoms. The summed E-state index contributed by atoms with van der Waals surface area (Å²) in [5.41, 5.74) is -0.0302. The molecule has 7 atom stereocenters. The van der Waals surface area contributed by atoms with Crippen LogP contribution in [0.2, 0.25) is 0 Å². The van der Waals surface area contributed by atoms with Crippen molar-refractivity contribution in [3.63, 3.8) is 0 Å². The minimum Gasteiger partial charge on any atom is -0.458 e. The van der Waals surface area contributed by atoms with Gasteiger partial charge in [0.2, 0.25) is 0 Å². The van der Waals surface area contributed by atoms with Crippen LogP contribution in [0.25, 0.3) is 6.08 Å². The Hall–Kier alpha value is -2.53. The van der Waals surface area contributed by atoms with Crippen molar-refractivity contribution in [2.24, 2.45) is 17.3 Å². The average molecular weight is 526 g/mol. The number of ether oxygens (including phenoxy) is 2. The largest absolute Gasteiger partial charge is 0.458 e. The number of Topliss-reactive ketones (excluding diaryl/α,β-unsaturated/α-hetero) is 1. The standard InChI is InChI=1S/C31H43NO6/c1-7-8-14-23-28(35)20(2)12-11-15-31(6)26(38-31)18-24(21(3)17-22-13-9-10-16-32-22)37-27(34)19-25(33)30(4,5)29(23)36/h1,9-10,13,16-17,20,23-26,28,33,35H,8,11-12,14-15,18-19H2,2-6H3/t20?,23?,24?,25?,26-,28?,31?/m0/s1. The summed E-state index contributed by atoms with van der Waals surface area (Å²) in [6, 6.07) is 5.61. The monoisotopic (exact) mass is 525 g/mol. The van der Waals surface area contributed by atoms with Gasteiger partial charge in [-0.05, 0) is 62.8 Å². The lowest BCUT2D eigenvalue weighted by Crippen LogP contribution is -2.46. The van der Waals surface area contributed by atoms with E-state index in [1.54, 1.807) is 20.0 Å². The highest BCUT2D eigenvalue weighted by Gasteiger charge is 2.53. The van der Waals surface area contributed by atoms with Crippen molar-refractivity contribution in [2.75, 3.05) is 0 Å². The van der Waals surface area contributed by atoms with E-state index in [0.29, 0.717) is 19.3 Å². The molecule has 1 aromatic heterocycles. The van der Waals surface area contributed by atoms with Crippen LogP contribution < -0.4 is 0 Å². The summed E-state index contributed by atoms with van der Waals surface area (Å²) >= 11 is 0. The molecular weight excluding hydrogens is 482 g/mol. The lowest BCUT2D eigenvalue weighted by molar-refractivity contribution is -0.154. The Morgan fingerprint density at radius 3 is 2.66 bits per heavy atom. The normalized spacial score (nSPS) is 35.1. The lowest BCUT2D eigenvalue weighted by Gasteiger charge is -2.36. The molecule has 3 rings (SSSR count). The average Bonchev–Trinajstić information content (AvgIpc) is 3.51. The maximum Gasteiger partial charge on any atom is 0.309 e. The number of ketones is 1. The van der Waals surface area contributed by atoms with Gasteiger partial charge in [0, 0.05) is 25.0 Å². The molecule has 0 amide bonds. The third-order valence-electron chi connectivity index (χ3n) is 8.40. The van der Waals surface area contributed by atoms with Crippen LogP contribution in [0.3, 0.4) is 0 Å². The van der Waals surface area contributed by atoms with Crippen LogP contribution in [0.5, 0.6) is 0 Å². The fourth-order valence-corrected chi connectivity index (χ4v) is 5.42. The zero-order valence-electron chi connectivity index (χ0n) is 23.4. The molecular formula is C31H43NO6. The molecule has 1 aromatic rings. The predicted octanol–water partition coefficient (Wildman–Crippen LogP) is 4.50. The number of hydrogen-bond acceptors (Lipinski definition) is 7. The van der Waals surface area contributed by atoms with E-state index >= 15 is 0 Å². The maximum absolute atomic E-state index is 13.6. The van der Waals surface area contributed by atoms with Gasteiger partial charge in [-0.1, -0.05) is 33.3 Å². The summed E-state index contributed by atoms with van der Waals surface area (Å²) in [4.78, 5) is 31.1. The Morgan fingerprint density at radius 2 is 2.00 bits per heavy atom. The number of pyridine rings is 1. The topological polar surface area (TPSA) is 109 Å². The van der Waals surface area contributed by atoms with Crippen LogP contribution in [-0.4, -0.2) is 57.0 Å². The van der Waals surface area contributed by atoms with Crippen LogP contribution in [0, 0.1) is 29.6 Å². The van der Waals surface area contributed by atoms with Crippen LogP contribution in [0.1, 0.15) is 85.3 Å². The quantitative estimate of drug-likeness (QED) is 0.338. The van der Waals surface area contributed by atoms with E-state index in [0.717, 1.165) is 30.5 Å². The number of epoxide rings is 1. The Morgan fingerprint density at radius 1 is 1.26 bits per heavy atom. The first-order valence-corrected chi connectivity index (χ1v) is 13.7. The van der Waals surface area contributed by atoms with Gasteiger partial charge in [-0.2, -0.15) is 0 Å². The summed E-state index contributed by atoms with van der Waals surface area (Å²) in [5.74, 6) is 0.806. The summed E-state index contributed by atoms with van der Waals surface area (Å²) in [6.07, 6.45) is 9.40. The molecule has 2 saturated heterocycles. The van der Waals surface area contributed by atoms with Gasteiger partial charge >= 0.3 is 5.97 Å². The minimum atomic E-state index is -1.28. The zero-order chi connectivity index (χ0) is 28.1. The SMILES string of the molecule is C#CCCC1C(=O)C(C)(C)C(O)CC(=O)OC(C(C)=Cc2ccccn2)C[C@@H]2OC2(C)CCCC(C)C1O. The highest BCUT2D eigenvalue weighted by Crippen LogP contribution is 2.45. The molecule has 0 bridgehead atoms. The van der Waals surface area contributed by atoms with Crippen molar-refractivity contribution >= 4 is 17.8 Å². The second kappa shape index (κ2) is 12.5. The molecule has 2 aliphatic heterocycles. The van der Waals surface area contributed by atoms with E-state index in [1.165, 1.54) is 0 Å². The van der Waals surface area contributed by atoms with Crippen LogP contribution >= 0.6 is 0 Å². The number of carbonyl (C=O) groups excluding carboxylic acids is 2. The van der Waals surface area contributed by atoms with E-state index in [1.807, 2.05) is 38.1 Å². The number of carbonyl (C=O) groups is 2. The van der Waals surface area contributed by atoms with Crippen LogP contribution in [0.4, 0.5) is 0 Å². The lowest BCUT2D eigenvalue weighted by atomic mass is 9.71. The second-order valence-electron chi connectivity index (χ2n) is 11.8. The molecule has 38 heavy (non-hydrogen) atoms. The molecule has 208 valence electrons. The van der Waals surface area contributed by atoms with Crippen LogP contribution in [0.15, 0.2) is 30.0 Å². The highest BCUT2D eigenvalue weighted by molar-refractivity contribution is 5.88. The second-order valence-corrected chi connectivity index (χ2v) is 11.8. The summed E-state index contributed by atoms with van der Waals surface area (Å²) in [5, 5.41) is 22.2. The minimum absolute atomic E-state index is 0.0770. The molecule has 0 saturated carbocycles. The first kappa shape index (κ1) is 30.0. The van der Waals surface area contributed by atoms with E-state index in [9.17, 15) is 19.8 Å². The number of aliphatic hydroxyl groups excluding tert-OH is 2. The molecule has 0 spiro atoms. The molecule has 0 aliphatic carbocycles. The molecule has 2 aliphatic rings. The Bertz CT molecular complexity index is 1040. The van der Waals surface area contributed by atoms with Gasteiger partial charge < -0.3 is 19.7 Å². The van der Waals surface area contributed by atoms with Gasteiger partial charge in [-0.3, -0.25) is 14.6 Å². The van der Waals surface area contributed by atoms with Crippen molar-refractivity contribution < 1.29 is 29.3 Å². The summed E-state index contributed by atoms with van der Waals surface area (Å²) in [6.45, 7) is 9.13. The van der Waals surface area contributed by atoms with Crippen molar-refractivity contribution in [1.29, 1.82) is 0 Å². The number of fused-ring (bicyclic) bond motifs is 1. The van der Waals surface area contributed by atoms with Gasteiger partial charge in [-0.25, -0.2) is 0 Å². The molecule has 3 heterocycles. The third-order valence-corrected chi connectivity index (χ3v) is 8.40. The summed E-state index contributed by atoms with van der Waals surface area (Å²) < 4.78 is 12.0. The molecule has 0 radical (unpaired) electrons. The van der Waals surface area contributed by atoms with Gasteiger partial charge in [-0.15, -0.1) is 12.3 Å². The van der Waals surface area contributed by atoms with Crippen molar-refractivity contribution in [1.82, 2.24) is 4.98 Å². The predicted molar refractivity (Wildman–Crippen MR) is 146 cm³/mol. The number of aromatic nitrogens is 1. The number of rotatable bonds is 4. The number of cyclic esters (lactones) is 1. The Balaban J connectivity index is 1.89. The van der Waals surface area contributed by atoms with Crippen molar-refractivity contribution in [3.8, 4) is 12.3 Å². The molecule has 7 nitrogen and oxygen atoms in total. The fraction of sp³-hybridized carbons (Fsp3) is 0.645. The van der Waals surface area contributed by atoms with E-state index in [4.69, 9.17) is 15.9 Å². The molecule has 0 aromatic carbocycles. The van der Waals surface area contributed by atoms with Gasteiger partial charge in [0.15, 0.2) is 0 Å². The Kier molecular flexibility index (Phi) is 9.91. The number of nitrogens with zero attached hydrogens (tertiary/aromatic N) is 1. The first-order chi connectivity index (χ1) is 17.9. The number of hydrogen-bond donors (Lipinski definition) is 2. The van der Waals surface area contributed by atoms with Crippen molar-refractivity contribution in [2.45, 2.75) is 110 Å². The fourth-order valence-electron chi connectivity index (χ4n) is 5.42. The molecule has 2 fully saturated rings. The zero-order valence-corrected chi connectivity index (χ0v) is 23.4. The van der Waals surface area contributed by atoms with E-state index < -0.39 is 35.6 Å². The highest BCUT2D eigenvalue weighted by atomic mass is 16.6. The molecule has 2 N–H and O–H groups in total. The van der Waals surface area contributed by atoms with Gasteiger partial charge in [0.05, 0.1) is 41.4 Å². The number of terminal acetylenes is 1. The first-order valence-electron chi connectivity index (χ1n) is 13.7. The Labute approximate surface area is 227 Å². The number of aliphatic hydroxyl groups is 2. The van der Waals surface area contributed by atoms with Crippen molar-refractivity contribution in [3.05, 3.63) is 35.7 Å². The van der Waals surface area contributed by atoms with Crippen LogP contribution in [-0.2, 0) is 19.1 Å². The molecule has 6 unspecified atom stereocenters. The van der Waals surface area contributed by atoms with Gasteiger partial charge in [0.25, 0.3) is 0 Å². The smallest absolute Gasteiger partial charge is 0.309 e. The summed E-state index contributed by atoms with van der Waals surface area (Å²) in [7, 11) is 0. The van der Waals surface area contributed by atoms with E-state index in [-0.39, 0.29) is 29.8 Å².